The van der Waals surface area contributed by atoms with Crippen molar-refractivity contribution in [2.75, 3.05) is 0 Å². The Balaban J connectivity index is 1.60. The third kappa shape index (κ3) is 3.80. The molecule has 0 aliphatic heterocycles. The molecule has 0 aliphatic carbocycles. The van der Waals surface area contributed by atoms with Crippen LogP contribution in [0.15, 0.2) is 67.0 Å². The lowest BCUT2D eigenvalue weighted by atomic mass is 10.1. The standard InChI is InChI=1S/C19H20N2S/c1-16-7-5-6-10-18(16)14-22-15-19-20-11-12-21(19)13-17-8-3-2-4-9-17/h2-12H,13-15H2,1H3. The summed E-state index contributed by atoms with van der Waals surface area (Å²) in [4.78, 5) is 4.51. The van der Waals surface area contributed by atoms with Gasteiger partial charge in [0.05, 0.1) is 5.75 Å². The number of aryl methyl sites for hydroxylation is 1. The van der Waals surface area contributed by atoms with Crippen molar-refractivity contribution in [1.29, 1.82) is 0 Å². The van der Waals surface area contributed by atoms with Crippen LogP contribution in [0.2, 0.25) is 0 Å². The van der Waals surface area contributed by atoms with Crippen molar-refractivity contribution in [1.82, 2.24) is 9.55 Å². The predicted octanol–water partition coefficient (Wildman–Crippen LogP) is 4.67. The van der Waals surface area contributed by atoms with Crippen molar-refractivity contribution in [3.8, 4) is 0 Å². The van der Waals surface area contributed by atoms with Crippen molar-refractivity contribution in [2.45, 2.75) is 25.0 Å². The monoisotopic (exact) mass is 308 g/mol. The summed E-state index contributed by atoms with van der Waals surface area (Å²) in [5.41, 5.74) is 4.09. The second-order valence-electron chi connectivity index (χ2n) is 5.38. The number of rotatable bonds is 6. The molecule has 1 heterocycles. The van der Waals surface area contributed by atoms with Crippen LogP contribution in [0.4, 0.5) is 0 Å². The van der Waals surface area contributed by atoms with E-state index in [0.29, 0.717) is 0 Å². The van der Waals surface area contributed by atoms with Crippen LogP contribution in [0.3, 0.4) is 0 Å². The topological polar surface area (TPSA) is 17.8 Å². The molecule has 3 aromatic rings. The minimum Gasteiger partial charge on any atom is -0.330 e. The van der Waals surface area contributed by atoms with Crippen LogP contribution in [0, 0.1) is 6.92 Å². The molecule has 0 amide bonds. The molecule has 2 aromatic carbocycles. The lowest BCUT2D eigenvalue weighted by molar-refractivity contribution is 0.756. The highest BCUT2D eigenvalue weighted by molar-refractivity contribution is 7.97. The highest BCUT2D eigenvalue weighted by atomic mass is 32.2. The molecular weight excluding hydrogens is 288 g/mol. The fourth-order valence-corrected chi connectivity index (χ4v) is 3.50. The third-order valence-electron chi connectivity index (χ3n) is 3.75. The number of nitrogens with zero attached hydrogens (tertiary/aromatic N) is 2. The van der Waals surface area contributed by atoms with Gasteiger partial charge in [-0.15, -0.1) is 11.8 Å². The number of hydrogen-bond donors (Lipinski definition) is 0. The van der Waals surface area contributed by atoms with Gasteiger partial charge in [-0.1, -0.05) is 54.6 Å². The molecule has 0 bridgehead atoms. The summed E-state index contributed by atoms with van der Waals surface area (Å²) in [5.74, 6) is 3.11. The first-order valence-electron chi connectivity index (χ1n) is 7.49. The number of imidazole rings is 1. The van der Waals surface area contributed by atoms with E-state index in [4.69, 9.17) is 0 Å². The molecule has 0 aliphatic rings. The lowest BCUT2D eigenvalue weighted by Crippen LogP contribution is -2.03. The SMILES string of the molecule is Cc1ccccc1CSCc1nccn1Cc1ccccc1. The summed E-state index contributed by atoms with van der Waals surface area (Å²) in [6.07, 6.45) is 3.96. The number of thioether (sulfide) groups is 1. The zero-order valence-electron chi connectivity index (χ0n) is 12.8. The minimum atomic E-state index is 0.890. The van der Waals surface area contributed by atoms with Crippen LogP contribution in [-0.2, 0) is 18.1 Å². The van der Waals surface area contributed by atoms with E-state index in [9.17, 15) is 0 Å². The molecule has 112 valence electrons. The zero-order chi connectivity index (χ0) is 15.2. The van der Waals surface area contributed by atoms with Crippen LogP contribution in [0.5, 0.6) is 0 Å². The van der Waals surface area contributed by atoms with Crippen LogP contribution in [-0.4, -0.2) is 9.55 Å². The Morgan fingerprint density at radius 1 is 0.955 bits per heavy atom. The molecule has 0 spiro atoms. The van der Waals surface area contributed by atoms with E-state index in [1.807, 2.05) is 18.0 Å². The van der Waals surface area contributed by atoms with Gasteiger partial charge < -0.3 is 4.57 Å². The van der Waals surface area contributed by atoms with Gasteiger partial charge in [0.25, 0.3) is 0 Å². The summed E-state index contributed by atoms with van der Waals surface area (Å²) in [6.45, 7) is 3.06. The molecule has 0 N–H and O–H groups in total. The third-order valence-corrected chi connectivity index (χ3v) is 4.72. The van der Waals surface area contributed by atoms with Crippen molar-refractivity contribution in [2.24, 2.45) is 0 Å². The number of aromatic nitrogens is 2. The van der Waals surface area contributed by atoms with Crippen molar-refractivity contribution < 1.29 is 0 Å². The molecule has 0 unspecified atom stereocenters. The second-order valence-corrected chi connectivity index (χ2v) is 6.36. The van der Waals surface area contributed by atoms with Gasteiger partial charge in [-0.25, -0.2) is 4.98 Å². The second kappa shape index (κ2) is 7.32. The van der Waals surface area contributed by atoms with E-state index in [-0.39, 0.29) is 0 Å². The lowest BCUT2D eigenvalue weighted by Gasteiger charge is -2.09. The van der Waals surface area contributed by atoms with E-state index in [1.54, 1.807) is 0 Å². The predicted molar refractivity (Wildman–Crippen MR) is 93.9 cm³/mol. The Hall–Kier alpha value is -2.00. The highest BCUT2D eigenvalue weighted by Crippen LogP contribution is 2.19. The van der Waals surface area contributed by atoms with E-state index >= 15 is 0 Å². The van der Waals surface area contributed by atoms with Crippen molar-refractivity contribution in [3.63, 3.8) is 0 Å². The molecule has 0 saturated heterocycles. The maximum absolute atomic E-state index is 4.51. The Labute approximate surface area is 136 Å². The Kier molecular flexibility index (Phi) is 4.96. The largest absolute Gasteiger partial charge is 0.330 e. The molecule has 1 aromatic heterocycles. The minimum absolute atomic E-state index is 0.890. The van der Waals surface area contributed by atoms with Crippen molar-refractivity contribution in [3.05, 3.63) is 89.5 Å². The highest BCUT2D eigenvalue weighted by Gasteiger charge is 2.05. The number of benzene rings is 2. The van der Waals surface area contributed by atoms with Gasteiger partial charge in [-0.05, 0) is 23.6 Å². The normalized spacial score (nSPS) is 10.8. The van der Waals surface area contributed by atoms with Crippen LogP contribution in [0.25, 0.3) is 0 Å². The first kappa shape index (κ1) is 14.9. The number of hydrogen-bond acceptors (Lipinski definition) is 2. The van der Waals surface area contributed by atoms with Crippen LogP contribution in [0.1, 0.15) is 22.5 Å². The van der Waals surface area contributed by atoms with Gasteiger partial charge in [0.2, 0.25) is 0 Å². The molecular formula is C19H20N2S. The molecule has 3 heteroatoms. The molecule has 0 radical (unpaired) electrons. The first-order chi connectivity index (χ1) is 10.8. The maximum atomic E-state index is 4.51. The van der Waals surface area contributed by atoms with Gasteiger partial charge in [-0.3, -0.25) is 0 Å². The zero-order valence-corrected chi connectivity index (χ0v) is 13.6. The Morgan fingerprint density at radius 2 is 1.73 bits per heavy atom. The fourth-order valence-electron chi connectivity index (χ4n) is 2.43. The van der Waals surface area contributed by atoms with Gasteiger partial charge in [0.1, 0.15) is 5.82 Å². The van der Waals surface area contributed by atoms with E-state index in [1.165, 1.54) is 16.7 Å². The van der Waals surface area contributed by atoms with E-state index in [0.717, 1.165) is 23.9 Å². The fraction of sp³-hybridized carbons (Fsp3) is 0.211. The summed E-state index contributed by atoms with van der Waals surface area (Å²) in [6, 6.07) is 19.1. The maximum Gasteiger partial charge on any atom is 0.118 e. The summed E-state index contributed by atoms with van der Waals surface area (Å²) < 4.78 is 2.24. The average Bonchev–Trinajstić information content (AvgIpc) is 2.97. The average molecular weight is 308 g/mol. The molecule has 22 heavy (non-hydrogen) atoms. The van der Waals surface area contributed by atoms with E-state index < -0.39 is 0 Å². The Bertz CT molecular complexity index is 719. The summed E-state index contributed by atoms with van der Waals surface area (Å²) in [5, 5.41) is 0. The molecule has 0 fully saturated rings. The van der Waals surface area contributed by atoms with Gasteiger partial charge in [-0.2, -0.15) is 0 Å². The first-order valence-corrected chi connectivity index (χ1v) is 8.64. The summed E-state index contributed by atoms with van der Waals surface area (Å²) in [7, 11) is 0. The Morgan fingerprint density at radius 3 is 2.55 bits per heavy atom. The summed E-state index contributed by atoms with van der Waals surface area (Å²) >= 11 is 1.92. The van der Waals surface area contributed by atoms with Crippen LogP contribution >= 0.6 is 11.8 Å². The quantitative estimate of drug-likeness (QED) is 0.658. The smallest absolute Gasteiger partial charge is 0.118 e. The van der Waals surface area contributed by atoms with Crippen molar-refractivity contribution >= 4 is 11.8 Å². The molecule has 3 rings (SSSR count). The van der Waals surface area contributed by atoms with Gasteiger partial charge in [0, 0.05) is 24.7 Å². The molecule has 0 atom stereocenters. The molecule has 0 saturated carbocycles. The van der Waals surface area contributed by atoms with E-state index in [2.05, 4.69) is 77.3 Å². The van der Waals surface area contributed by atoms with Gasteiger partial charge >= 0.3 is 0 Å². The molecule has 2 nitrogen and oxygen atoms in total. The van der Waals surface area contributed by atoms with Gasteiger partial charge in [0.15, 0.2) is 0 Å². The van der Waals surface area contributed by atoms with Crippen LogP contribution < -0.4 is 0 Å².